The van der Waals surface area contributed by atoms with E-state index in [1.807, 2.05) is 13.8 Å². The van der Waals surface area contributed by atoms with Crippen LogP contribution in [0.15, 0.2) is 23.1 Å². The van der Waals surface area contributed by atoms with Crippen molar-refractivity contribution in [2.75, 3.05) is 13.1 Å². The monoisotopic (exact) mass is 300 g/mol. The number of hydrogen-bond donors (Lipinski definition) is 1. The van der Waals surface area contributed by atoms with Gasteiger partial charge in [0.15, 0.2) is 0 Å². The van der Waals surface area contributed by atoms with Crippen molar-refractivity contribution in [2.24, 2.45) is 11.1 Å². The van der Waals surface area contributed by atoms with Crippen LogP contribution in [0, 0.1) is 18.2 Å². The molecule has 20 heavy (non-hydrogen) atoms. The first-order chi connectivity index (χ1) is 9.16. The molecular formula is C14H21FN2O2S. The molecule has 0 radical (unpaired) electrons. The zero-order chi connectivity index (χ0) is 15.1. The van der Waals surface area contributed by atoms with Gasteiger partial charge in [0.2, 0.25) is 10.0 Å². The third-order valence-electron chi connectivity index (χ3n) is 4.11. The Bertz CT molecular complexity index is 614. The molecule has 4 nitrogen and oxygen atoms in total. The first kappa shape index (κ1) is 15.4. The lowest BCUT2D eigenvalue weighted by Crippen LogP contribution is -2.53. The Labute approximate surface area is 119 Å². The summed E-state index contributed by atoms with van der Waals surface area (Å²) in [5.41, 5.74) is 5.91. The molecule has 2 N–H and O–H groups in total. The van der Waals surface area contributed by atoms with E-state index in [9.17, 15) is 12.8 Å². The zero-order valence-electron chi connectivity index (χ0n) is 12.1. The summed E-state index contributed by atoms with van der Waals surface area (Å²) >= 11 is 0. The quantitative estimate of drug-likeness (QED) is 0.907. The summed E-state index contributed by atoms with van der Waals surface area (Å²) < 4.78 is 40.3. The van der Waals surface area contributed by atoms with Gasteiger partial charge < -0.3 is 5.73 Å². The second kappa shape index (κ2) is 5.09. The molecular weight excluding hydrogens is 279 g/mol. The van der Waals surface area contributed by atoms with Crippen molar-refractivity contribution in [3.05, 3.63) is 29.6 Å². The lowest BCUT2D eigenvalue weighted by Gasteiger charge is -2.41. The van der Waals surface area contributed by atoms with Gasteiger partial charge in [0.25, 0.3) is 0 Å². The fraction of sp³-hybridized carbons (Fsp3) is 0.571. The second-order valence-electron chi connectivity index (χ2n) is 6.09. The van der Waals surface area contributed by atoms with Crippen LogP contribution in [0.5, 0.6) is 0 Å². The van der Waals surface area contributed by atoms with Gasteiger partial charge in [0, 0.05) is 24.7 Å². The Kier molecular flexibility index (Phi) is 3.92. The Morgan fingerprint density at radius 2 is 2.05 bits per heavy atom. The van der Waals surface area contributed by atoms with Gasteiger partial charge in [-0.3, -0.25) is 0 Å². The maximum absolute atomic E-state index is 13.6. The topological polar surface area (TPSA) is 63.4 Å². The molecule has 1 atom stereocenters. The van der Waals surface area contributed by atoms with Crippen LogP contribution in [-0.2, 0) is 10.0 Å². The molecule has 1 aromatic carbocycles. The Hall–Kier alpha value is -0.980. The molecule has 0 amide bonds. The van der Waals surface area contributed by atoms with Crippen LogP contribution in [0.3, 0.4) is 0 Å². The predicted molar refractivity (Wildman–Crippen MR) is 76.3 cm³/mol. The number of nitrogens with zero attached hydrogens (tertiary/aromatic N) is 1. The molecule has 2 rings (SSSR count). The van der Waals surface area contributed by atoms with E-state index >= 15 is 0 Å². The highest BCUT2D eigenvalue weighted by Gasteiger charge is 2.39. The number of nitrogens with two attached hydrogens (primary N) is 1. The molecule has 1 aromatic rings. The van der Waals surface area contributed by atoms with Crippen molar-refractivity contribution in [3.8, 4) is 0 Å². The van der Waals surface area contributed by atoms with Crippen molar-refractivity contribution in [1.82, 2.24) is 4.31 Å². The summed E-state index contributed by atoms with van der Waals surface area (Å²) in [5.74, 6) is -0.501. The fourth-order valence-corrected chi connectivity index (χ4v) is 4.40. The van der Waals surface area contributed by atoms with E-state index in [-0.39, 0.29) is 21.9 Å². The van der Waals surface area contributed by atoms with Gasteiger partial charge in [-0.05, 0) is 30.9 Å². The Morgan fingerprint density at radius 3 is 2.65 bits per heavy atom. The van der Waals surface area contributed by atoms with Gasteiger partial charge >= 0.3 is 0 Å². The van der Waals surface area contributed by atoms with Crippen molar-refractivity contribution in [3.63, 3.8) is 0 Å². The Morgan fingerprint density at radius 1 is 1.40 bits per heavy atom. The van der Waals surface area contributed by atoms with Crippen LogP contribution in [0.1, 0.15) is 25.8 Å². The van der Waals surface area contributed by atoms with Crippen LogP contribution < -0.4 is 5.73 Å². The lowest BCUT2D eigenvalue weighted by atomic mass is 9.81. The van der Waals surface area contributed by atoms with Crippen LogP contribution in [0.25, 0.3) is 0 Å². The van der Waals surface area contributed by atoms with Gasteiger partial charge in [0.1, 0.15) is 5.82 Å². The summed E-state index contributed by atoms with van der Waals surface area (Å²) in [6, 6.07) is 4.12. The van der Waals surface area contributed by atoms with E-state index in [0.717, 1.165) is 0 Å². The minimum atomic E-state index is -3.67. The summed E-state index contributed by atoms with van der Waals surface area (Å²) in [6.45, 7) is 6.13. The van der Waals surface area contributed by atoms with E-state index in [0.29, 0.717) is 19.5 Å². The molecule has 0 bridgehead atoms. The molecule has 1 aliphatic heterocycles. The minimum absolute atomic E-state index is 0.0254. The van der Waals surface area contributed by atoms with Crippen molar-refractivity contribution in [1.29, 1.82) is 0 Å². The normalized spacial score (nSPS) is 23.8. The van der Waals surface area contributed by atoms with Gasteiger partial charge in [-0.1, -0.05) is 19.9 Å². The highest BCUT2D eigenvalue weighted by molar-refractivity contribution is 7.89. The minimum Gasteiger partial charge on any atom is -0.327 e. The molecule has 1 unspecified atom stereocenters. The molecule has 6 heteroatoms. The van der Waals surface area contributed by atoms with E-state index < -0.39 is 15.8 Å². The third-order valence-corrected chi connectivity index (χ3v) is 6.10. The molecule has 0 saturated carbocycles. The molecule has 0 aromatic heterocycles. The smallest absolute Gasteiger partial charge is 0.243 e. The largest absolute Gasteiger partial charge is 0.327 e. The molecule has 0 aliphatic carbocycles. The fourth-order valence-electron chi connectivity index (χ4n) is 2.54. The lowest BCUT2D eigenvalue weighted by molar-refractivity contribution is 0.155. The maximum atomic E-state index is 13.6. The second-order valence-corrected chi connectivity index (χ2v) is 7.99. The molecule has 1 heterocycles. The first-order valence-corrected chi connectivity index (χ1v) is 8.11. The first-order valence-electron chi connectivity index (χ1n) is 6.67. The molecule has 1 saturated heterocycles. The highest BCUT2D eigenvalue weighted by atomic mass is 32.2. The maximum Gasteiger partial charge on any atom is 0.243 e. The zero-order valence-corrected chi connectivity index (χ0v) is 12.9. The van der Waals surface area contributed by atoms with Gasteiger partial charge in [0.05, 0.1) is 4.90 Å². The average molecular weight is 300 g/mol. The van der Waals surface area contributed by atoms with Gasteiger partial charge in [-0.15, -0.1) is 0 Å². The van der Waals surface area contributed by atoms with Crippen molar-refractivity contribution < 1.29 is 12.8 Å². The van der Waals surface area contributed by atoms with Gasteiger partial charge in [-0.25, -0.2) is 12.8 Å². The highest BCUT2D eigenvalue weighted by Crippen LogP contribution is 2.32. The molecule has 1 aliphatic rings. The van der Waals surface area contributed by atoms with Crippen molar-refractivity contribution in [2.45, 2.75) is 38.1 Å². The van der Waals surface area contributed by atoms with E-state index in [1.54, 1.807) is 0 Å². The van der Waals surface area contributed by atoms with Crippen molar-refractivity contribution >= 4 is 10.0 Å². The number of halogens is 1. The molecule has 0 spiro atoms. The summed E-state index contributed by atoms with van der Waals surface area (Å²) in [6.07, 6.45) is 0.612. The standard InChI is InChI=1S/C14H21FN2O2S/c1-10-11(15)5-4-6-12(10)20(18,19)17-8-7-13(16)14(2,3)9-17/h4-6,13H,7-9,16H2,1-3H3. The number of piperidine rings is 1. The van der Waals surface area contributed by atoms with Crippen LogP contribution in [0.4, 0.5) is 4.39 Å². The number of rotatable bonds is 2. The molecule has 1 fully saturated rings. The van der Waals surface area contributed by atoms with Crippen LogP contribution >= 0.6 is 0 Å². The van der Waals surface area contributed by atoms with E-state index in [4.69, 9.17) is 5.73 Å². The number of hydrogen-bond acceptors (Lipinski definition) is 3. The van der Waals surface area contributed by atoms with Gasteiger partial charge in [-0.2, -0.15) is 4.31 Å². The summed E-state index contributed by atoms with van der Waals surface area (Å²) in [5, 5.41) is 0. The Balaban J connectivity index is 2.39. The average Bonchev–Trinajstić information content (AvgIpc) is 2.35. The summed E-state index contributed by atoms with van der Waals surface area (Å²) in [4.78, 5) is 0.0452. The van der Waals surface area contributed by atoms with Crippen LogP contribution in [-0.4, -0.2) is 31.9 Å². The molecule has 112 valence electrons. The predicted octanol–water partition coefficient (Wildman–Crippen LogP) is 1.88. The number of sulfonamides is 1. The summed E-state index contributed by atoms with van der Waals surface area (Å²) in [7, 11) is -3.67. The van der Waals surface area contributed by atoms with E-state index in [1.165, 1.54) is 29.4 Å². The van der Waals surface area contributed by atoms with Crippen LogP contribution in [0.2, 0.25) is 0 Å². The number of benzene rings is 1. The SMILES string of the molecule is Cc1c(F)cccc1S(=O)(=O)N1CCC(N)C(C)(C)C1. The van der Waals surface area contributed by atoms with E-state index in [2.05, 4.69) is 0 Å². The third kappa shape index (κ3) is 2.60.